The number of aromatic nitrogens is 1. The number of nitrogens with two attached hydrogens (primary N) is 1. The van der Waals surface area contributed by atoms with Crippen molar-refractivity contribution in [3.63, 3.8) is 0 Å². The molecule has 1 aliphatic rings. The van der Waals surface area contributed by atoms with Gasteiger partial charge in [0.05, 0.1) is 5.69 Å². The molecule has 1 aliphatic carbocycles. The van der Waals surface area contributed by atoms with Crippen LogP contribution in [0.3, 0.4) is 0 Å². The van der Waals surface area contributed by atoms with Crippen molar-refractivity contribution in [1.29, 1.82) is 0 Å². The normalized spacial score (nSPS) is 16.4. The molecule has 5 N–H and O–H groups in total. The van der Waals surface area contributed by atoms with Gasteiger partial charge in [-0.1, -0.05) is 6.42 Å². The largest absolute Gasteiger partial charge is 0.508 e. The number of fused-ring (bicyclic) bond motifs is 1. The Morgan fingerprint density at radius 3 is 2.89 bits per heavy atom. The fourth-order valence-corrected chi connectivity index (χ4v) is 4.86. The first-order chi connectivity index (χ1) is 13.1. The topological polar surface area (TPSA) is 91.4 Å². The van der Waals surface area contributed by atoms with Crippen LogP contribution in [-0.4, -0.2) is 28.3 Å². The Hall–Kier alpha value is -1.79. The molecule has 3 rings (SSSR count). The van der Waals surface area contributed by atoms with Gasteiger partial charge in [0.2, 0.25) is 0 Å². The van der Waals surface area contributed by atoms with E-state index in [4.69, 9.17) is 5.73 Å². The smallest absolute Gasteiger partial charge is 0.180 e. The molecular formula is C21H31N3O2S. The molecule has 0 amide bonds. The van der Waals surface area contributed by atoms with Crippen LogP contribution in [0.4, 0.5) is 5.13 Å². The zero-order valence-corrected chi connectivity index (χ0v) is 16.7. The summed E-state index contributed by atoms with van der Waals surface area (Å²) >= 11 is 1.67. The number of rotatable bonds is 10. The summed E-state index contributed by atoms with van der Waals surface area (Å²) in [4.78, 5) is 5.83. The molecule has 1 unspecified atom stereocenters. The molecule has 0 bridgehead atoms. The highest BCUT2D eigenvalue weighted by atomic mass is 32.1. The maximum atomic E-state index is 9.77. The Labute approximate surface area is 165 Å². The Bertz CT molecular complexity index is 732. The summed E-state index contributed by atoms with van der Waals surface area (Å²) in [6, 6.07) is 4.73. The first kappa shape index (κ1) is 20.0. The molecule has 6 heteroatoms. The van der Waals surface area contributed by atoms with Gasteiger partial charge in [0.1, 0.15) is 11.5 Å². The van der Waals surface area contributed by atoms with E-state index in [1.165, 1.54) is 35.9 Å². The fraction of sp³-hybridized carbons (Fsp3) is 0.571. The van der Waals surface area contributed by atoms with Crippen LogP contribution in [0, 0.1) is 5.92 Å². The van der Waals surface area contributed by atoms with Crippen molar-refractivity contribution in [2.24, 2.45) is 5.92 Å². The number of unbranched alkanes of at least 4 members (excludes halogenated alkanes) is 2. The molecular weight excluding hydrogens is 358 g/mol. The van der Waals surface area contributed by atoms with Gasteiger partial charge in [-0.15, -0.1) is 11.3 Å². The summed E-state index contributed by atoms with van der Waals surface area (Å²) in [6.45, 7) is 2.13. The predicted molar refractivity (Wildman–Crippen MR) is 111 cm³/mol. The highest BCUT2D eigenvalue weighted by molar-refractivity contribution is 7.15. The minimum atomic E-state index is 0.220. The van der Waals surface area contributed by atoms with Gasteiger partial charge in [-0.2, -0.15) is 0 Å². The number of phenolic OH excluding ortho intramolecular Hbond substituents is 2. The third-order valence-electron chi connectivity index (χ3n) is 5.39. The second kappa shape index (κ2) is 9.95. The second-order valence-corrected chi connectivity index (χ2v) is 8.66. The summed E-state index contributed by atoms with van der Waals surface area (Å²) in [5, 5.41) is 23.5. The highest BCUT2D eigenvalue weighted by Gasteiger charge is 2.21. The summed E-state index contributed by atoms with van der Waals surface area (Å²) in [5.74, 6) is 1.29. The van der Waals surface area contributed by atoms with E-state index in [0.717, 1.165) is 68.2 Å². The van der Waals surface area contributed by atoms with Crippen molar-refractivity contribution in [2.45, 2.75) is 57.8 Å². The van der Waals surface area contributed by atoms with Crippen LogP contribution in [0.15, 0.2) is 18.2 Å². The fourth-order valence-electron chi connectivity index (χ4n) is 3.86. The van der Waals surface area contributed by atoms with E-state index in [9.17, 15) is 10.2 Å². The molecule has 1 aromatic carbocycles. The molecule has 0 radical (unpaired) electrons. The predicted octanol–water partition coefficient (Wildman–Crippen LogP) is 4.02. The van der Waals surface area contributed by atoms with Crippen molar-refractivity contribution in [3.8, 4) is 11.5 Å². The minimum absolute atomic E-state index is 0.220. The average molecular weight is 390 g/mol. The SMILES string of the molecule is Nc1nc2c(s1)CC(CCCNCCCCCc1cc(O)ccc1O)CC2. The lowest BCUT2D eigenvalue weighted by atomic mass is 9.88. The van der Waals surface area contributed by atoms with E-state index in [1.54, 1.807) is 23.5 Å². The number of phenols is 2. The lowest BCUT2D eigenvalue weighted by molar-refractivity contribution is 0.409. The van der Waals surface area contributed by atoms with Gasteiger partial charge in [0, 0.05) is 4.88 Å². The standard InChI is InChI=1S/C21H31N3O2S/c22-21-24-18-9-7-15(13-20(18)27-21)5-4-12-23-11-3-1-2-6-16-14-17(25)8-10-19(16)26/h8,10,14-15,23,25-26H,1-7,9,11-13H2,(H2,22,24). The van der Waals surface area contributed by atoms with Crippen molar-refractivity contribution in [2.75, 3.05) is 18.8 Å². The summed E-state index contributed by atoms with van der Waals surface area (Å²) in [5.41, 5.74) is 7.89. The van der Waals surface area contributed by atoms with Crippen molar-refractivity contribution < 1.29 is 10.2 Å². The number of nitrogen functional groups attached to an aromatic ring is 1. The molecule has 148 valence electrons. The average Bonchev–Trinajstić information content (AvgIpc) is 3.02. The zero-order valence-electron chi connectivity index (χ0n) is 15.9. The first-order valence-electron chi connectivity index (χ1n) is 10.1. The molecule has 0 saturated carbocycles. The molecule has 0 fully saturated rings. The number of hydrogen-bond donors (Lipinski definition) is 4. The monoisotopic (exact) mass is 389 g/mol. The van der Waals surface area contributed by atoms with E-state index in [2.05, 4.69) is 10.3 Å². The Morgan fingerprint density at radius 1 is 1.15 bits per heavy atom. The minimum Gasteiger partial charge on any atom is -0.508 e. The van der Waals surface area contributed by atoms with Crippen molar-refractivity contribution in [3.05, 3.63) is 34.3 Å². The third kappa shape index (κ3) is 6.11. The van der Waals surface area contributed by atoms with Crippen LogP contribution in [0.1, 0.15) is 54.7 Å². The third-order valence-corrected chi connectivity index (χ3v) is 6.34. The van der Waals surface area contributed by atoms with E-state index in [0.29, 0.717) is 0 Å². The highest BCUT2D eigenvalue weighted by Crippen LogP contribution is 2.32. The number of nitrogens with zero attached hydrogens (tertiary/aromatic N) is 1. The lowest BCUT2D eigenvalue weighted by Crippen LogP contribution is -2.19. The number of anilines is 1. The van der Waals surface area contributed by atoms with Crippen LogP contribution in [-0.2, 0) is 19.3 Å². The quantitative estimate of drug-likeness (QED) is 0.364. The van der Waals surface area contributed by atoms with Crippen molar-refractivity contribution in [1.82, 2.24) is 10.3 Å². The number of nitrogens with one attached hydrogen (secondary N) is 1. The molecule has 0 aliphatic heterocycles. The zero-order chi connectivity index (χ0) is 19.1. The molecule has 2 aromatic rings. The molecule has 1 atom stereocenters. The molecule has 1 aromatic heterocycles. The van der Waals surface area contributed by atoms with Crippen LogP contribution < -0.4 is 11.1 Å². The van der Waals surface area contributed by atoms with Gasteiger partial charge < -0.3 is 21.3 Å². The number of thiazole rings is 1. The van der Waals surface area contributed by atoms with Gasteiger partial charge in [-0.25, -0.2) is 4.98 Å². The van der Waals surface area contributed by atoms with Gasteiger partial charge >= 0.3 is 0 Å². The van der Waals surface area contributed by atoms with Crippen LogP contribution in [0.25, 0.3) is 0 Å². The summed E-state index contributed by atoms with van der Waals surface area (Å²) in [7, 11) is 0. The molecule has 5 nitrogen and oxygen atoms in total. The first-order valence-corrected chi connectivity index (χ1v) is 10.9. The lowest BCUT2D eigenvalue weighted by Gasteiger charge is -2.20. The van der Waals surface area contributed by atoms with E-state index < -0.39 is 0 Å². The number of aryl methyl sites for hydroxylation is 2. The second-order valence-electron chi connectivity index (χ2n) is 7.55. The van der Waals surface area contributed by atoms with Crippen LogP contribution in [0.2, 0.25) is 0 Å². The number of aromatic hydroxyl groups is 2. The van der Waals surface area contributed by atoms with Gasteiger partial charge in [0.15, 0.2) is 5.13 Å². The van der Waals surface area contributed by atoms with E-state index in [-0.39, 0.29) is 11.5 Å². The maximum absolute atomic E-state index is 9.77. The van der Waals surface area contributed by atoms with Crippen LogP contribution >= 0.6 is 11.3 Å². The number of hydrogen-bond acceptors (Lipinski definition) is 6. The van der Waals surface area contributed by atoms with Crippen molar-refractivity contribution >= 4 is 16.5 Å². The van der Waals surface area contributed by atoms with Gasteiger partial charge in [-0.3, -0.25) is 0 Å². The summed E-state index contributed by atoms with van der Waals surface area (Å²) < 4.78 is 0. The molecule has 1 heterocycles. The number of benzene rings is 1. The molecule has 0 spiro atoms. The van der Waals surface area contributed by atoms with E-state index in [1.807, 2.05) is 0 Å². The summed E-state index contributed by atoms with van der Waals surface area (Å²) in [6.07, 6.45) is 10.1. The van der Waals surface area contributed by atoms with Crippen LogP contribution in [0.5, 0.6) is 11.5 Å². The maximum Gasteiger partial charge on any atom is 0.180 e. The molecule has 0 saturated heterocycles. The Morgan fingerprint density at radius 2 is 2.00 bits per heavy atom. The van der Waals surface area contributed by atoms with Gasteiger partial charge in [-0.05, 0) is 94.1 Å². The van der Waals surface area contributed by atoms with Gasteiger partial charge in [0.25, 0.3) is 0 Å². The Kier molecular flexibility index (Phi) is 7.35. The van der Waals surface area contributed by atoms with E-state index >= 15 is 0 Å². The Balaban J connectivity index is 1.20. The molecule has 27 heavy (non-hydrogen) atoms.